The van der Waals surface area contributed by atoms with E-state index in [1.807, 2.05) is 6.92 Å². The molecule has 2 heterocycles. The Balaban J connectivity index is 2.40. The Kier molecular flexibility index (Phi) is 5.33. The van der Waals surface area contributed by atoms with Gasteiger partial charge >= 0.3 is 6.18 Å². The number of primary amides is 1. The average molecular weight is 332 g/mol. The van der Waals surface area contributed by atoms with Crippen molar-refractivity contribution in [3.63, 3.8) is 0 Å². The first kappa shape index (κ1) is 17.8. The molecule has 0 saturated heterocycles. The summed E-state index contributed by atoms with van der Waals surface area (Å²) in [7, 11) is 0. The summed E-state index contributed by atoms with van der Waals surface area (Å²) in [6, 6.07) is -0.382. The standard InChI is InChI=1S/C15H23F3N4O/c1-3-4-5-6-9(2)10-7-20-8-11-12(13(19)23)21-14(22(10)11)15(16,17)18/h9-10,20H,3-8H2,1-2H3,(H2,19,23). The lowest BCUT2D eigenvalue weighted by molar-refractivity contribution is -0.148. The van der Waals surface area contributed by atoms with E-state index in [0.717, 1.165) is 25.7 Å². The zero-order chi connectivity index (χ0) is 17.2. The zero-order valence-corrected chi connectivity index (χ0v) is 13.4. The maximum atomic E-state index is 13.3. The van der Waals surface area contributed by atoms with Gasteiger partial charge in [0.2, 0.25) is 5.82 Å². The fourth-order valence-electron chi connectivity index (χ4n) is 3.18. The minimum atomic E-state index is -4.61. The minimum Gasteiger partial charge on any atom is -0.364 e. The number of alkyl halides is 3. The molecule has 8 heteroatoms. The van der Waals surface area contributed by atoms with Gasteiger partial charge in [-0.25, -0.2) is 4.98 Å². The van der Waals surface area contributed by atoms with Crippen molar-refractivity contribution < 1.29 is 18.0 Å². The van der Waals surface area contributed by atoms with E-state index in [9.17, 15) is 18.0 Å². The first-order valence-corrected chi connectivity index (χ1v) is 7.96. The topological polar surface area (TPSA) is 72.9 Å². The van der Waals surface area contributed by atoms with Crippen LogP contribution >= 0.6 is 0 Å². The van der Waals surface area contributed by atoms with Crippen molar-refractivity contribution in [2.75, 3.05) is 6.54 Å². The van der Waals surface area contributed by atoms with E-state index in [2.05, 4.69) is 17.2 Å². The quantitative estimate of drug-likeness (QED) is 0.787. The fourth-order valence-corrected chi connectivity index (χ4v) is 3.18. The van der Waals surface area contributed by atoms with E-state index < -0.39 is 17.9 Å². The summed E-state index contributed by atoms with van der Waals surface area (Å²) in [5.74, 6) is -1.90. The number of imidazole rings is 1. The van der Waals surface area contributed by atoms with Crippen molar-refractivity contribution in [1.82, 2.24) is 14.9 Å². The van der Waals surface area contributed by atoms with Gasteiger partial charge in [0.25, 0.3) is 5.91 Å². The Labute approximate surface area is 133 Å². The number of nitrogens with one attached hydrogen (secondary N) is 1. The number of nitrogens with zero attached hydrogens (tertiary/aromatic N) is 2. The number of fused-ring (bicyclic) bond motifs is 1. The lowest BCUT2D eigenvalue weighted by Crippen LogP contribution is -2.39. The van der Waals surface area contributed by atoms with Crippen LogP contribution < -0.4 is 11.1 Å². The summed E-state index contributed by atoms with van der Waals surface area (Å²) in [4.78, 5) is 15.0. The molecular formula is C15H23F3N4O. The number of amides is 1. The van der Waals surface area contributed by atoms with Crippen molar-refractivity contribution in [1.29, 1.82) is 0 Å². The minimum absolute atomic E-state index is 0.0455. The second-order valence-corrected chi connectivity index (χ2v) is 6.13. The van der Waals surface area contributed by atoms with Crippen molar-refractivity contribution in [2.24, 2.45) is 11.7 Å². The molecule has 1 aromatic rings. The summed E-state index contributed by atoms with van der Waals surface area (Å²) in [5, 5.41) is 3.09. The summed E-state index contributed by atoms with van der Waals surface area (Å²) < 4.78 is 41.2. The van der Waals surface area contributed by atoms with E-state index in [4.69, 9.17) is 5.73 Å². The molecule has 130 valence electrons. The van der Waals surface area contributed by atoms with Crippen LogP contribution in [0.4, 0.5) is 13.2 Å². The molecule has 0 saturated carbocycles. The van der Waals surface area contributed by atoms with Gasteiger partial charge in [0.1, 0.15) is 0 Å². The number of aromatic nitrogens is 2. The van der Waals surface area contributed by atoms with Gasteiger partial charge in [-0.1, -0.05) is 33.1 Å². The highest BCUT2D eigenvalue weighted by atomic mass is 19.4. The van der Waals surface area contributed by atoms with Gasteiger partial charge in [-0.05, 0) is 12.3 Å². The highest BCUT2D eigenvalue weighted by Crippen LogP contribution is 2.37. The van der Waals surface area contributed by atoms with E-state index in [-0.39, 0.29) is 29.9 Å². The molecule has 5 nitrogen and oxygen atoms in total. The summed E-state index contributed by atoms with van der Waals surface area (Å²) in [6.45, 7) is 4.63. The SMILES string of the molecule is CCCCCC(C)C1CNCc2c(C(N)=O)nc(C(F)(F)F)n21. The van der Waals surface area contributed by atoms with Gasteiger partial charge in [0.05, 0.1) is 11.7 Å². The van der Waals surface area contributed by atoms with Crippen LogP contribution in [0.5, 0.6) is 0 Å². The van der Waals surface area contributed by atoms with Crippen LogP contribution in [0, 0.1) is 5.92 Å². The lowest BCUT2D eigenvalue weighted by atomic mass is 9.93. The van der Waals surface area contributed by atoms with Crippen LogP contribution in [0.25, 0.3) is 0 Å². The van der Waals surface area contributed by atoms with E-state index in [1.54, 1.807) is 0 Å². The molecule has 2 rings (SSSR count). The molecule has 23 heavy (non-hydrogen) atoms. The van der Waals surface area contributed by atoms with Crippen molar-refractivity contribution in [3.05, 3.63) is 17.2 Å². The van der Waals surface area contributed by atoms with Crippen LogP contribution in [0.15, 0.2) is 0 Å². The molecule has 1 aliphatic heterocycles. The number of hydrogen-bond donors (Lipinski definition) is 2. The van der Waals surface area contributed by atoms with Crippen LogP contribution in [0.3, 0.4) is 0 Å². The number of carbonyl (C=O) groups is 1. The number of rotatable bonds is 6. The predicted molar refractivity (Wildman–Crippen MR) is 79.8 cm³/mol. The lowest BCUT2D eigenvalue weighted by Gasteiger charge is -2.33. The monoisotopic (exact) mass is 332 g/mol. The molecule has 1 aliphatic rings. The van der Waals surface area contributed by atoms with Crippen LogP contribution in [0.2, 0.25) is 0 Å². The Morgan fingerprint density at radius 2 is 2.17 bits per heavy atom. The van der Waals surface area contributed by atoms with E-state index in [0.29, 0.717) is 6.54 Å². The third-order valence-electron chi connectivity index (χ3n) is 4.39. The first-order chi connectivity index (χ1) is 10.8. The Morgan fingerprint density at radius 3 is 2.74 bits per heavy atom. The normalized spacial score (nSPS) is 19.4. The molecule has 0 bridgehead atoms. The number of unbranched alkanes of at least 4 members (excludes halogenated alkanes) is 2. The van der Waals surface area contributed by atoms with Crippen molar-refractivity contribution in [2.45, 2.75) is 58.3 Å². The molecule has 1 amide bonds. The number of carbonyl (C=O) groups excluding carboxylic acids is 1. The van der Waals surface area contributed by atoms with Crippen LogP contribution in [0.1, 0.15) is 67.6 Å². The molecule has 0 aromatic carbocycles. The van der Waals surface area contributed by atoms with Gasteiger partial charge < -0.3 is 15.6 Å². The highest BCUT2D eigenvalue weighted by molar-refractivity contribution is 5.92. The molecular weight excluding hydrogens is 309 g/mol. The highest BCUT2D eigenvalue weighted by Gasteiger charge is 2.43. The van der Waals surface area contributed by atoms with Gasteiger partial charge in [-0.3, -0.25) is 4.79 Å². The Hall–Kier alpha value is -1.57. The smallest absolute Gasteiger partial charge is 0.364 e. The van der Waals surface area contributed by atoms with Gasteiger partial charge in [0, 0.05) is 13.1 Å². The molecule has 3 N–H and O–H groups in total. The number of nitrogens with two attached hydrogens (primary N) is 1. The summed E-state index contributed by atoms with van der Waals surface area (Å²) >= 11 is 0. The predicted octanol–water partition coefficient (Wildman–Crippen LogP) is 2.86. The fraction of sp³-hybridized carbons (Fsp3) is 0.733. The maximum absolute atomic E-state index is 13.3. The molecule has 0 fully saturated rings. The largest absolute Gasteiger partial charge is 0.449 e. The molecule has 1 aromatic heterocycles. The molecule has 2 atom stereocenters. The molecule has 0 aliphatic carbocycles. The van der Waals surface area contributed by atoms with Gasteiger partial charge in [-0.2, -0.15) is 13.2 Å². The number of halogens is 3. The Bertz CT molecular complexity index is 568. The third-order valence-corrected chi connectivity index (χ3v) is 4.39. The average Bonchev–Trinajstić information content (AvgIpc) is 2.87. The Morgan fingerprint density at radius 1 is 1.48 bits per heavy atom. The summed E-state index contributed by atoms with van der Waals surface area (Å²) in [6.07, 6.45) is -0.685. The molecule has 0 radical (unpaired) electrons. The number of hydrogen-bond acceptors (Lipinski definition) is 3. The van der Waals surface area contributed by atoms with E-state index in [1.165, 1.54) is 4.57 Å². The summed E-state index contributed by atoms with van der Waals surface area (Å²) in [5.41, 5.74) is 5.16. The third kappa shape index (κ3) is 3.68. The second kappa shape index (κ2) is 6.90. The zero-order valence-electron chi connectivity index (χ0n) is 13.4. The van der Waals surface area contributed by atoms with E-state index >= 15 is 0 Å². The molecule has 2 unspecified atom stereocenters. The molecule has 0 spiro atoms. The van der Waals surface area contributed by atoms with Crippen LogP contribution in [-0.2, 0) is 12.7 Å². The van der Waals surface area contributed by atoms with Crippen molar-refractivity contribution >= 4 is 5.91 Å². The second-order valence-electron chi connectivity index (χ2n) is 6.13. The maximum Gasteiger partial charge on any atom is 0.449 e. The van der Waals surface area contributed by atoms with Gasteiger partial charge in [-0.15, -0.1) is 0 Å². The van der Waals surface area contributed by atoms with Gasteiger partial charge in [0.15, 0.2) is 5.69 Å². The van der Waals surface area contributed by atoms with Crippen LogP contribution in [-0.4, -0.2) is 22.0 Å². The van der Waals surface area contributed by atoms with Crippen molar-refractivity contribution in [3.8, 4) is 0 Å². The first-order valence-electron chi connectivity index (χ1n) is 7.96.